The van der Waals surface area contributed by atoms with E-state index in [-0.39, 0.29) is 18.7 Å². The summed E-state index contributed by atoms with van der Waals surface area (Å²) < 4.78 is 25.9. The molecule has 1 aliphatic heterocycles. The van der Waals surface area contributed by atoms with Crippen molar-refractivity contribution in [3.8, 4) is 0 Å². The average Bonchev–Trinajstić information content (AvgIpc) is 2.59. The number of nitrogens with zero attached hydrogens (tertiary/aromatic N) is 1. The summed E-state index contributed by atoms with van der Waals surface area (Å²) in [5.41, 5.74) is 0.0521. The monoisotopic (exact) mass is 241 g/mol. The molecule has 4 nitrogen and oxygen atoms in total. The van der Waals surface area contributed by atoms with E-state index >= 15 is 0 Å². The van der Waals surface area contributed by atoms with E-state index in [0.717, 1.165) is 17.0 Å². The lowest BCUT2D eigenvalue weighted by Crippen LogP contribution is -2.25. The van der Waals surface area contributed by atoms with Crippen LogP contribution in [0.15, 0.2) is 18.2 Å². The number of hydrogen-bond donors (Lipinski definition) is 1. The van der Waals surface area contributed by atoms with Crippen LogP contribution in [-0.4, -0.2) is 23.5 Å². The maximum atomic E-state index is 13.0. The average molecular weight is 241 g/mol. The van der Waals surface area contributed by atoms with Gasteiger partial charge >= 0.3 is 5.97 Å². The number of hydrogen-bond acceptors (Lipinski definition) is 2. The molecular formula is C11H9F2NO3. The molecule has 1 aliphatic rings. The third-order valence-electron chi connectivity index (χ3n) is 2.63. The second-order valence-corrected chi connectivity index (χ2v) is 3.87. The lowest BCUT2D eigenvalue weighted by Gasteiger charge is -2.16. The van der Waals surface area contributed by atoms with Gasteiger partial charge in [-0.05, 0) is 12.1 Å². The van der Waals surface area contributed by atoms with Crippen LogP contribution in [0, 0.1) is 17.6 Å². The second kappa shape index (κ2) is 4.12. The topological polar surface area (TPSA) is 57.6 Å². The summed E-state index contributed by atoms with van der Waals surface area (Å²) >= 11 is 0. The lowest BCUT2D eigenvalue weighted by atomic mass is 10.1. The van der Waals surface area contributed by atoms with Crippen molar-refractivity contribution in [2.75, 3.05) is 11.4 Å². The van der Waals surface area contributed by atoms with Gasteiger partial charge in [0.1, 0.15) is 11.6 Å². The standard InChI is InChI=1S/C11H9F2NO3/c12-7-2-8(13)4-9(3-7)14-5-6(11(16)17)1-10(14)15/h2-4,6H,1,5H2,(H,16,17)/t6-/m1/s1. The number of carboxylic acids is 1. The normalized spacial score (nSPS) is 19.8. The fourth-order valence-corrected chi connectivity index (χ4v) is 1.82. The van der Waals surface area contributed by atoms with Crippen LogP contribution in [0.2, 0.25) is 0 Å². The van der Waals surface area contributed by atoms with Crippen molar-refractivity contribution in [2.45, 2.75) is 6.42 Å². The van der Waals surface area contributed by atoms with Crippen LogP contribution in [0.1, 0.15) is 6.42 Å². The molecule has 1 atom stereocenters. The minimum absolute atomic E-state index is 0.0521. The summed E-state index contributed by atoms with van der Waals surface area (Å²) in [7, 11) is 0. The Kier molecular flexibility index (Phi) is 2.79. The van der Waals surface area contributed by atoms with E-state index in [1.807, 2.05) is 0 Å². The molecular weight excluding hydrogens is 232 g/mol. The first-order chi connectivity index (χ1) is 7.97. The number of carboxylic acid groups (broad SMARTS) is 1. The van der Waals surface area contributed by atoms with Gasteiger partial charge in [-0.25, -0.2) is 8.78 Å². The highest BCUT2D eigenvalue weighted by molar-refractivity contribution is 5.99. The van der Waals surface area contributed by atoms with Crippen LogP contribution in [0.5, 0.6) is 0 Å². The fourth-order valence-electron chi connectivity index (χ4n) is 1.82. The summed E-state index contributed by atoms with van der Waals surface area (Å²) in [4.78, 5) is 23.3. The number of carbonyl (C=O) groups is 2. The zero-order chi connectivity index (χ0) is 12.6. The number of halogens is 2. The van der Waals surface area contributed by atoms with E-state index in [1.54, 1.807) is 0 Å². The summed E-state index contributed by atoms with van der Waals surface area (Å²) in [6, 6.07) is 2.70. The Morgan fingerprint density at radius 1 is 1.29 bits per heavy atom. The predicted molar refractivity (Wildman–Crippen MR) is 54.5 cm³/mol. The Morgan fingerprint density at radius 3 is 2.35 bits per heavy atom. The van der Waals surface area contributed by atoms with Crippen molar-refractivity contribution < 1.29 is 23.5 Å². The fraction of sp³-hybridized carbons (Fsp3) is 0.273. The van der Waals surface area contributed by atoms with E-state index < -0.39 is 29.4 Å². The first kappa shape index (κ1) is 11.5. The molecule has 0 bridgehead atoms. The van der Waals surface area contributed by atoms with Crippen molar-refractivity contribution in [1.29, 1.82) is 0 Å². The highest BCUT2D eigenvalue weighted by atomic mass is 19.1. The molecule has 1 aromatic rings. The number of carbonyl (C=O) groups excluding carboxylic acids is 1. The third kappa shape index (κ3) is 2.25. The Balaban J connectivity index is 2.28. The van der Waals surface area contributed by atoms with Crippen molar-refractivity contribution in [3.05, 3.63) is 29.8 Å². The minimum Gasteiger partial charge on any atom is -0.481 e. The van der Waals surface area contributed by atoms with Gasteiger partial charge in [-0.3, -0.25) is 9.59 Å². The Bertz CT molecular complexity index is 469. The molecule has 6 heteroatoms. The minimum atomic E-state index is -1.09. The largest absolute Gasteiger partial charge is 0.481 e. The molecule has 1 amide bonds. The Morgan fingerprint density at radius 2 is 1.88 bits per heavy atom. The van der Waals surface area contributed by atoms with Crippen LogP contribution >= 0.6 is 0 Å². The highest BCUT2D eigenvalue weighted by Gasteiger charge is 2.35. The van der Waals surface area contributed by atoms with E-state index in [4.69, 9.17) is 5.11 Å². The molecule has 0 aromatic heterocycles. The molecule has 0 saturated carbocycles. The summed E-state index contributed by atoms with van der Waals surface area (Å²) in [6.45, 7) is -0.0585. The Hall–Kier alpha value is -1.98. The summed E-state index contributed by atoms with van der Waals surface area (Å²) in [5.74, 6) is -3.95. The van der Waals surface area contributed by atoms with Gasteiger partial charge in [0.05, 0.1) is 5.92 Å². The van der Waals surface area contributed by atoms with Crippen molar-refractivity contribution >= 4 is 17.6 Å². The molecule has 1 aromatic carbocycles. The maximum Gasteiger partial charge on any atom is 0.308 e. The molecule has 17 heavy (non-hydrogen) atoms. The van der Waals surface area contributed by atoms with Gasteiger partial charge in [0.25, 0.3) is 0 Å². The van der Waals surface area contributed by atoms with Gasteiger partial charge < -0.3 is 10.0 Å². The van der Waals surface area contributed by atoms with E-state index in [1.165, 1.54) is 0 Å². The number of amides is 1. The van der Waals surface area contributed by atoms with Crippen LogP contribution in [-0.2, 0) is 9.59 Å². The van der Waals surface area contributed by atoms with Gasteiger partial charge in [-0.2, -0.15) is 0 Å². The van der Waals surface area contributed by atoms with Gasteiger partial charge in [0, 0.05) is 24.7 Å². The van der Waals surface area contributed by atoms with E-state index in [9.17, 15) is 18.4 Å². The molecule has 1 N–H and O–H groups in total. The molecule has 2 rings (SSSR count). The predicted octanol–water partition coefficient (Wildman–Crippen LogP) is 1.40. The van der Waals surface area contributed by atoms with Gasteiger partial charge in [-0.15, -0.1) is 0 Å². The molecule has 0 unspecified atom stereocenters. The van der Waals surface area contributed by atoms with Gasteiger partial charge in [0.2, 0.25) is 5.91 Å². The van der Waals surface area contributed by atoms with Crippen molar-refractivity contribution in [2.24, 2.45) is 5.92 Å². The number of rotatable bonds is 2. The van der Waals surface area contributed by atoms with Gasteiger partial charge in [0.15, 0.2) is 0 Å². The van der Waals surface area contributed by atoms with Crippen molar-refractivity contribution in [3.63, 3.8) is 0 Å². The molecule has 0 aliphatic carbocycles. The SMILES string of the molecule is O=C(O)[C@@H]1CC(=O)N(c2cc(F)cc(F)c2)C1. The smallest absolute Gasteiger partial charge is 0.308 e. The van der Waals surface area contributed by atoms with Crippen LogP contribution in [0.4, 0.5) is 14.5 Å². The molecule has 90 valence electrons. The number of aliphatic carboxylic acids is 1. The van der Waals surface area contributed by atoms with E-state index in [0.29, 0.717) is 6.07 Å². The highest BCUT2D eigenvalue weighted by Crippen LogP contribution is 2.26. The van der Waals surface area contributed by atoms with Crippen LogP contribution in [0.25, 0.3) is 0 Å². The third-order valence-corrected chi connectivity index (χ3v) is 2.63. The van der Waals surface area contributed by atoms with Crippen LogP contribution in [0.3, 0.4) is 0 Å². The number of anilines is 1. The zero-order valence-corrected chi connectivity index (χ0v) is 8.69. The number of benzene rings is 1. The lowest BCUT2D eigenvalue weighted by molar-refractivity contribution is -0.141. The molecule has 1 fully saturated rings. The first-order valence-electron chi connectivity index (χ1n) is 4.96. The van der Waals surface area contributed by atoms with Crippen molar-refractivity contribution in [1.82, 2.24) is 0 Å². The maximum absolute atomic E-state index is 13.0. The summed E-state index contributed by atoms with van der Waals surface area (Å²) in [5, 5.41) is 8.78. The Labute approximate surface area is 95.5 Å². The van der Waals surface area contributed by atoms with Crippen LogP contribution < -0.4 is 4.90 Å². The molecule has 0 radical (unpaired) electrons. The second-order valence-electron chi connectivity index (χ2n) is 3.87. The zero-order valence-electron chi connectivity index (χ0n) is 8.69. The first-order valence-corrected chi connectivity index (χ1v) is 4.96. The quantitative estimate of drug-likeness (QED) is 0.851. The molecule has 1 heterocycles. The molecule has 1 saturated heterocycles. The summed E-state index contributed by atoms with van der Waals surface area (Å²) in [6.07, 6.45) is -0.145. The van der Waals surface area contributed by atoms with Gasteiger partial charge in [-0.1, -0.05) is 0 Å². The van der Waals surface area contributed by atoms with E-state index in [2.05, 4.69) is 0 Å². The molecule has 0 spiro atoms.